The lowest BCUT2D eigenvalue weighted by Gasteiger charge is -2.35. The van der Waals surface area contributed by atoms with E-state index in [4.69, 9.17) is 16.6 Å². The monoisotopic (exact) mass is 880 g/mol. The second-order valence-corrected chi connectivity index (χ2v) is 16.2. The molecule has 4 aromatic carbocycles. The summed E-state index contributed by atoms with van der Waals surface area (Å²) < 4.78 is 16.9. The van der Waals surface area contributed by atoms with Crippen molar-refractivity contribution in [3.63, 3.8) is 0 Å². The Morgan fingerprint density at radius 3 is 2.37 bits per heavy atom. The number of piperidine rings is 1. The number of phenolic OH excluding ortho intramolecular Hbond substituents is 1. The molecule has 13 nitrogen and oxygen atoms in total. The van der Waals surface area contributed by atoms with Gasteiger partial charge in [-0.15, -0.1) is 0 Å². The van der Waals surface area contributed by atoms with Crippen molar-refractivity contribution in [1.29, 1.82) is 0 Å². The zero-order valence-electron chi connectivity index (χ0n) is 34.3. The zero-order chi connectivity index (χ0) is 42.6. The number of nitrogens with zero attached hydrogens (tertiary/aromatic N) is 5. The third-order valence-electron chi connectivity index (χ3n) is 11.8. The number of imide groups is 1. The topological polar surface area (TPSA) is 160 Å². The van der Waals surface area contributed by atoms with E-state index in [1.807, 2.05) is 41.3 Å². The number of phenols is 1. The molecule has 3 aliphatic heterocycles. The summed E-state index contributed by atoms with van der Waals surface area (Å²) in [6.45, 7) is 7.15. The van der Waals surface area contributed by atoms with Gasteiger partial charge < -0.3 is 30.4 Å². The SMILES string of the molecule is C=CC(=O)N1CCN(c2nc(NCCCCCCCCNc3cccc4c3CN(C3CCC(=O)NC3=O)C4=O)nc3c(F)c(-c4cc(O)cc5ccccc45)c(Cl)cc23)CC1.S. The fourth-order valence-electron chi connectivity index (χ4n) is 8.65. The molecule has 5 aromatic rings. The van der Waals surface area contributed by atoms with Gasteiger partial charge in [-0.2, -0.15) is 18.5 Å². The molecule has 0 bridgehead atoms. The molecular formula is C46H50ClFN8O5S. The molecule has 1 aromatic heterocycles. The Morgan fingerprint density at radius 2 is 1.63 bits per heavy atom. The predicted molar refractivity (Wildman–Crippen MR) is 246 cm³/mol. The summed E-state index contributed by atoms with van der Waals surface area (Å²) in [5.74, 6) is -0.844. The highest BCUT2D eigenvalue weighted by Crippen LogP contribution is 2.42. The van der Waals surface area contributed by atoms with Crippen LogP contribution in [0.4, 0.5) is 21.8 Å². The minimum Gasteiger partial charge on any atom is -0.508 e. The van der Waals surface area contributed by atoms with Crippen LogP contribution in [-0.2, 0) is 20.9 Å². The van der Waals surface area contributed by atoms with Gasteiger partial charge in [-0.3, -0.25) is 24.5 Å². The van der Waals surface area contributed by atoms with Crippen LogP contribution in [0, 0.1) is 5.82 Å². The van der Waals surface area contributed by atoms with Crippen LogP contribution in [0.25, 0.3) is 32.8 Å². The number of anilines is 3. The highest BCUT2D eigenvalue weighted by Gasteiger charge is 2.40. The van der Waals surface area contributed by atoms with E-state index < -0.39 is 17.8 Å². The van der Waals surface area contributed by atoms with Crippen LogP contribution in [0.1, 0.15) is 67.3 Å². The van der Waals surface area contributed by atoms with Crippen molar-refractivity contribution < 1.29 is 28.7 Å². The Balaban J connectivity index is 0.00000578. The number of rotatable bonds is 15. The smallest absolute Gasteiger partial charge is 0.255 e. The molecule has 0 saturated carbocycles. The number of amides is 4. The Hall–Kier alpha value is -5.93. The minimum absolute atomic E-state index is 0. The van der Waals surface area contributed by atoms with Gasteiger partial charge in [0.2, 0.25) is 23.7 Å². The minimum atomic E-state index is -0.643. The van der Waals surface area contributed by atoms with Gasteiger partial charge in [0.1, 0.15) is 23.1 Å². The molecule has 4 N–H and O–H groups in total. The summed E-state index contributed by atoms with van der Waals surface area (Å²) in [5.41, 5.74) is 3.08. The van der Waals surface area contributed by atoms with Crippen LogP contribution in [-0.4, -0.2) is 93.8 Å². The number of carbonyl (C=O) groups is 4. The first-order valence-electron chi connectivity index (χ1n) is 20.9. The van der Waals surface area contributed by atoms with Crippen LogP contribution in [0.3, 0.4) is 0 Å². The molecule has 8 rings (SSSR count). The first-order valence-corrected chi connectivity index (χ1v) is 21.3. The maximum Gasteiger partial charge on any atom is 0.255 e. The van der Waals surface area contributed by atoms with Crippen LogP contribution >= 0.6 is 25.1 Å². The summed E-state index contributed by atoms with van der Waals surface area (Å²) in [6.07, 6.45) is 7.74. The number of aromatic hydroxyl groups is 1. The quantitative estimate of drug-likeness (QED) is 0.0471. The molecule has 4 amide bonds. The number of fused-ring (bicyclic) bond motifs is 3. The molecule has 1 unspecified atom stereocenters. The van der Waals surface area contributed by atoms with E-state index >= 15 is 4.39 Å². The van der Waals surface area contributed by atoms with E-state index in [9.17, 15) is 24.3 Å². The van der Waals surface area contributed by atoms with E-state index in [0.717, 1.165) is 67.1 Å². The lowest BCUT2D eigenvalue weighted by Crippen LogP contribution is -2.52. The number of nitrogens with one attached hydrogen (secondary N) is 3. The normalized spacial score (nSPS) is 16.3. The third-order valence-corrected chi connectivity index (χ3v) is 12.1. The van der Waals surface area contributed by atoms with Crippen molar-refractivity contribution in [1.82, 2.24) is 25.1 Å². The summed E-state index contributed by atoms with van der Waals surface area (Å²) >= 11 is 6.88. The number of unbranched alkanes of at least 4 members (excludes halogenated alkanes) is 5. The molecule has 2 fully saturated rings. The van der Waals surface area contributed by atoms with Crippen molar-refractivity contribution in [3.8, 4) is 16.9 Å². The summed E-state index contributed by atoms with van der Waals surface area (Å²) in [5, 5.41) is 21.9. The highest BCUT2D eigenvalue weighted by atomic mass is 35.5. The molecule has 62 heavy (non-hydrogen) atoms. The molecule has 4 heterocycles. The first kappa shape index (κ1) is 44.1. The van der Waals surface area contributed by atoms with Crippen LogP contribution in [0.2, 0.25) is 5.02 Å². The highest BCUT2D eigenvalue weighted by molar-refractivity contribution is 7.59. The number of halogens is 2. The van der Waals surface area contributed by atoms with Gasteiger partial charge in [0, 0.05) is 80.0 Å². The Morgan fingerprint density at radius 1 is 0.903 bits per heavy atom. The third kappa shape index (κ3) is 9.14. The second-order valence-electron chi connectivity index (χ2n) is 15.8. The number of aromatic nitrogens is 2. The maximum atomic E-state index is 16.9. The number of carbonyl (C=O) groups excluding carboxylic acids is 4. The molecule has 324 valence electrons. The van der Waals surface area contributed by atoms with Gasteiger partial charge in [0.05, 0.1) is 5.02 Å². The molecule has 0 radical (unpaired) electrons. The predicted octanol–water partition coefficient (Wildman–Crippen LogP) is 7.52. The van der Waals surface area contributed by atoms with E-state index in [-0.39, 0.29) is 59.5 Å². The Bertz CT molecular complexity index is 2550. The fourth-order valence-corrected chi connectivity index (χ4v) is 8.94. The molecule has 0 aliphatic carbocycles. The van der Waals surface area contributed by atoms with E-state index in [0.29, 0.717) is 74.0 Å². The van der Waals surface area contributed by atoms with Crippen molar-refractivity contribution in [2.24, 2.45) is 0 Å². The van der Waals surface area contributed by atoms with Gasteiger partial charge in [-0.1, -0.05) is 74.2 Å². The van der Waals surface area contributed by atoms with Crippen molar-refractivity contribution in [2.75, 3.05) is 54.8 Å². The summed E-state index contributed by atoms with van der Waals surface area (Å²) in [6, 6.07) is 17.2. The number of hydrogen-bond donors (Lipinski definition) is 4. The lowest BCUT2D eigenvalue weighted by atomic mass is 9.96. The molecule has 0 spiro atoms. The molecule has 3 aliphatic rings. The van der Waals surface area contributed by atoms with Crippen LogP contribution in [0.15, 0.2) is 73.3 Å². The maximum absolute atomic E-state index is 16.9. The number of benzene rings is 4. The van der Waals surface area contributed by atoms with Crippen molar-refractivity contribution >= 4 is 87.9 Å². The van der Waals surface area contributed by atoms with E-state index in [2.05, 4.69) is 27.5 Å². The van der Waals surface area contributed by atoms with E-state index in [1.54, 1.807) is 28.0 Å². The molecule has 2 saturated heterocycles. The number of hydrogen-bond acceptors (Lipinski definition) is 10. The summed E-state index contributed by atoms with van der Waals surface area (Å²) in [4.78, 5) is 64.4. The van der Waals surface area contributed by atoms with Crippen molar-refractivity contribution in [3.05, 3.63) is 95.3 Å². The average Bonchev–Trinajstić information content (AvgIpc) is 3.60. The zero-order valence-corrected chi connectivity index (χ0v) is 36.1. The molecule has 16 heteroatoms. The fraction of sp³-hybridized carbons (Fsp3) is 0.348. The Kier molecular flexibility index (Phi) is 13.8. The first-order chi connectivity index (χ1) is 29.6. The second kappa shape index (κ2) is 19.4. The van der Waals surface area contributed by atoms with Gasteiger partial charge in [-0.25, -0.2) is 9.37 Å². The lowest BCUT2D eigenvalue weighted by molar-refractivity contribution is -0.137. The van der Waals surface area contributed by atoms with Crippen LogP contribution < -0.4 is 20.9 Å². The standard InChI is InChI=1S/C46H48ClFN8O5.H2S/c1-2-39(59)54-20-22-55(23-21-54)43-33-26-35(47)40(32-25-29(57)24-28-12-7-8-13-30(28)32)41(48)42(33)52-46(53-43)50-19-10-6-4-3-5-9-18-49-36-15-11-14-31-34(36)27-56(45(31)61)37-16-17-38(58)51-44(37)60;/h2,7-8,11-15,24-26,37,49,57H,1,3-6,9-10,16-23,27H2,(H,50,52,53)(H,51,58,60);1H2. The van der Waals surface area contributed by atoms with Gasteiger partial charge in [0.25, 0.3) is 5.91 Å². The Labute approximate surface area is 371 Å². The largest absolute Gasteiger partial charge is 0.508 e. The van der Waals surface area contributed by atoms with Gasteiger partial charge >= 0.3 is 0 Å². The summed E-state index contributed by atoms with van der Waals surface area (Å²) in [7, 11) is 0. The van der Waals surface area contributed by atoms with Crippen molar-refractivity contribution in [2.45, 2.75) is 64.0 Å². The van der Waals surface area contributed by atoms with Gasteiger partial charge in [0.15, 0.2) is 5.82 Å². The average molecular weight is 881 g/mol. The number of piperazine rings is 1. The van der Waals surface area contributed by atoms with Crippen LogP contribution in [0.5, 0.6) is 5.75 Å². The molecular weight excluding hydrogens is 831 g/mol. The molecule has 1 atom stereocenters. The van der Waals surface area contributed by atoms with E-state index in [1.165, 1.54) is 12.1 Å². The van der Waals surface area contributed by atoms with Gasteiger partial charge in [-0.05, 0) is 72.0 Å².